The quantitative estimate of drug-likeness (QED) is 0.163. The molecule has 2 aliphatic rings. The molecule has 12 rings (SSSR count). The molecule has 2 heteroatoms. The van der Waals surface area contributed by atoms with Crippen LogP contribution < -0.4 is 4.90 Å². The first kappa shape index (κ1) is 29.7. The monoisotopic (exact) mass is 771 g/mol. The van der Waals surface area contributed by atoms with Crippen LogP contribution in [0.3, 0.4) is 0 Å². The van der Waals surface area contributed by atoms with E-state index in [0.717, 1.165) is 44.2 Å². The second-order valence-corrected chi connectivity index (χ2v) is 16.5. The maximum Gasteiger partial charge on any atom is 0.0713 e. The number of hydrogen-bond acceptors (Lipinski definition) is 1. The molecule has 2 aliphatic carbocycles. The average Bonchev–Trinajstić information content (AvgIpc) is 3.92. The normalized spacial score (nSPS) is 15.3. The van der Waals surface area contributed by atoms with Gasteiger partial charge in [-0.15, -0.1) is 0 Å². The Morgan fingerprint density at radius 3 is 1.62 bits per heavy atom. The molecule has 0 bridgehead atoms. The summed E-state index contributed by atoms with van der Waals surface area (Å²) in [6, 6.07) is 64.9. The minimum Gasteiger partial charge on any atom is -0.310 e. The second-order valence-electron chi connectivity index (χ2n) is 16.5. The SMILES string of the molecule is [2H]c1c([2H])c([2H])c(N(c2ccc3c(c2)C(C)(C)c2ccccc2-3)c2ccc3c(c2)c2cc(C4(c5ccccc5)c5ccccc5-c5ccccc54)ccc2n3-c2ccccc2)c([2H])c1[2H]. The molecular weight excluding hydrogens is 725 g/mol. The van der Waals surface area contributed by atoms with E-state index < -0.39 is 11.5 Å². The van der Waals surface area contributed by atoms with Crippen molar-refractivity contribution in [3.05, 3.63) is 252 Å². The van der Waals surface area contributed by atoms with Gasteiger partial charge in [-0.2, -0.15) is 0 Å². The molecule has 0 fully saturated rings. The molecule has 284 valence electrons. The van der Waals surface area contributed by atoms with Crippen molar-refractivity contribution in [2.75, 3.05) is 4.90 Å². The van der Waals surface area contributed by atoms with Crippen molar-refractivity contribution < 1.29 is 6.85 Å². The number of benzene rings is 9. The molecule has 0 N–H and O–H groups in total. The summed E-state index contributed by atoms with van der Waals surface area (Å²) in [6.07, 6.45) is 0. The van der Waals surface area contributed by atoms with Gasteiger partial charge in [-0.05, 0) is 122 Å². The van der Waals surface area contributed by atoms with Crippen molar-refractivity contribution in [3.63, 3.8) is 0 Å². The maximum absolute atomic E-state index is 9.34. The van der Waals surface area contributed by atoms with E-state index in [2.05, 4.69) is 188 Å². The van der Waals surface area contributed by atoms with Crippen LogP contribution in [0.2, 0.25) is 0 Å². The Hall–Kier alpha value is -7.42. The van der Waals surface area contributed by atoms with E-state index in [1.165, 1.54) is 38.9 Å². The lowest BCUT2D eigenvalue weighted by molar-refractivity contribution is 0.660. The Balaban J connectivity index is 1.16. The smallest absolute Gasteiger partial charge is 0.0713 e. The predicted octanol–water partition coefficient (Wildman–Crippen LogP) is 14.9. The number of anilines is 3. The number of fused-ring (bicyclic) bond motifs is 9. The van der Waals surface area contributed by atoms with Gasteiger partial charge >= 0.3 is 0 Å². The van der Waals surface area contributed by atoms with Crippen molar-refractivity contribution in [2.24, 2.45) is 0 Å². The van der Waals surface area contributed by atoms with Crippen molar-refractivity contribution in [1.82, 2.24) is 4.57 Å². The molecule has 1 aromatic heterocycles. The van der Waals surface area contributed by atoms with Crippen molar-refractivity contribution >= 4 is 38.9 Å². The minimum atomic E-state index is -0.616. The third-order valence-corrected chi connectivity index (χ3v) is 13.1. The molecule has 1 heterocycles. The third kappa shape index (κ3) is 4.82. The highest BCUT2D eigenvalue weighted by Gasteiger charge is 2.46. The van der Waals surface area contributed by atoms with E-state index in [1.807, 2.05) is 23.1 Å². The van der Waals surface area contributed by atoms with Crippen LogP contribution in [0.1, 0.15) is 54.1 Å². The van der Waals surface area contributed by atoms with Gasteiger partial charge in [0.05, 0.1) is 23.3 Å². The van der Waals surface area contributed by atoms with Crippen LogP contribution in [0, 0.1) is 0 Å². The van der Waals surface area contributed by atoms with Gasteiger partial charge in [-0.25, -0.2) is 0 Å². The lowest BCUT2D eigenvalue weighted by Gasteiger charge is -2.34. The van der Waals surface area contributed by atoms with Crippen molar-refractivity contribution in [2.45, 2.75) is 24.7 Å². The number of aromatic nitrogens is 1. The predicted molar refractivity (Wildman–Crippen MR) is 250 cm³/mol. The molecule has 0 spiro atoms. The zero-order valence-corrected chi connectivity index (χ0v) is 33.3. The van der Waals surface area contributed by atoms with Gasteiger partial charge in [-0.3, -0.25) is 0 Å². The van der Waals surface area contributed by atoms with E-state index >= 15 is 0 Å². The molecule has 2 nitrogen and oxygen atoms in total. The summed E-state index contributed by atoms with van der Waals surface area (Å²) in [7, 11) is 0. The molecule has 0 atom stereocenters. The van der Waals surface area contributed by atoms with Crippen LogP contribution in [0.15, 0.2) is 218 Å². The van der Waals surface area contributed by atoms with Gasteiger partial charge < -0.3 is 9.47 Å². The van der Waals surface area contributed by atoms with Crippen molar-refractivity contribution in [1.29, 1.82) is 0 Å². The summed E-state index contributed by atoms with van der Waals surface area (Å²) in [4.78, 5) is 1.86. The summed E-state index contributed by atoms with van der Waals surface area (Å²) >= 11 is 0. The topological polar surface area (TPSA) is 8.17 Å². The zero-order valence-electron chi connectivity index (χ0n) is 38.3. The molecule has 0 amide bonds. The van der Waals surface area contributed by atoms with Gasteiger partial charge in [0.25, 0.3) is 0 Å². The fourth-order valence-electron chi connectivity index (χ4n) is 10.5. The van der Waals surface area contributed by atoms with E-state index in [9.17, 15) is 2.74 Å². The highest BCUT2D eigenvalue weighted by molar-refractivity contribution is 6.11. The summed E-state index contributed by atoms with van der Waals surface area (Å²) < 4.78 is 47.2. The second kappa shape index (κ2) is 13.0. The Morgan fingerprint density at radius 2 is 0.933 bits per heavy atom. The number of rotatable bonds is 6. The molecule has 0 radical (unpaired) electrons. The van der Waals surface area contributed by atoms with Gasteiger partial charge in [0, 0.05) is 38.9 Å². The Morgan fingerprint density at radius 1 is 0.417 bits per heavy atom. The molecule has 60 heavy (non-hydrogen) atoms. The van der Waals surface area contributed by atoms with Crippen LogP contribution in [0.5, 0.6) is 0 Å². The third-order valence-electron chi connectivity index (χ3n) is 13.1. The van der Waals surface area contributed by atoms with E-state index in [0.29, 0.717) is 11.4 Å². The molecule has 0 aliphatic heterocycles. The van der Waals surface area contributed by atoms with Crippen molar-refractivity contribution in [3.8, 4) is 27.9 Å². The molecule has 9 aromatic carbocycles. The standard InChI is InChI=1S/C58H42N2/c1-57(2)51-27-15-12-24-45(51)48-33-31-44(38-54(48)57)59(41-20-8-4-9-21-41)43-32-35-56-50(37-43)49-36-40(30-34-55(49)60(56)42-22-10-5-11-23-42)58(39-18-6-3-7-19-39)52-28-16-13-25-46(52)47-26-14-17-29-53(47)58/h3-38H,1-2H3/i4D,8D,9D,20D,21D. The van der Waals surface area contributed by atoms with Gasteiger partial charge in [0.15, 0.2) is 0 Å². The highest BCUT2D eigenvalue weighted by atomic mass is 15.1. The summed E-state index contributed by atoms with van der Waals surface area (Å²) in [5.74, 6) is 0. The van der Waals surface area contributed by atoms with E-state index in [-0.39, 0.29) is 35.3 Å². The van der Waals surface area contributed by atoms with Crippen LogP contribution in [-0.2, 0) is 10.8 Å². The first-order valence-corrected chi connectivity index (χ1v) is 20.6. The maximum atomic E-state index is 9.34. The van der Waals surface area contributed by atoms with Crippen LogP contribution in [0.4, 0.5) is 17.1 Å². The molecular formula is C58H42N2. The summed E-state index contributed by atoms with van der Waals surface area (Å²) in [5, 5.41) is 2.00. The lowest BCUT2D eigenvalue weighted by Crippen LogP contribution is -2.28. The minimum absolute atomic E-state index is 0.0957. The number of para-hydroxylation sites is 2. The lowest BCUT2D eigenvalue weighted by atomic mass is 9.67. The fourth-order valence-corrected chi connectivity index (χ4v) is 10.5. The fraction of sp³-hybridized carbons (Fsp3) is 0.0690. The Labute approximate surface area is 358 Å². The molecule has 0 unspecified atom stereocenters. The van der Waals surface area contributed by atoms with Crippen LogP contribution >= 0.6 is 0 Å². The highest BCUT2D eigenvalue weighted by Crippen LogP contribution is 2.57. The first-order chi connectivity index (χ1) is 31.6. The summed E-state index contributed by atoms with van der Waals surface area (Å²) in [6.45, 7) is 4.45. The Kier molecular flexibility index (Phi) is 6.47. The van der Waals surface area contributed by atoms with Gasteiger partial charge in [0.1, 0.15) is 0 Å². The van der Waals surface area contributed by atoms with E-state index in [1.54, 1.807) is 0 Å². The van der Waals surface area contributed by atoms with Crippen LogP contribution in [0.25, 0.3) is 49.7 Å². The number of nitrogens with zero attached hydrogens (tertiary/aromatic N) is 2. The van der Waals surface area contributed by atoms with E-state index in [4.69, 9.17) is 4.11 Å². The van der Waals surface area contributed by atoms with Gasteiger partial charge in [0.2, 0.25) is 0 Å². The first-order valence-electron chi connectivity index (χ1n) is 23.1. The molecule has 0 saturated carbocycles. The summed E-state index contributed by atoms with van der Waals surface area (Å²) in [5.41, 5.74) is 15.4. The van der Waals surface area contributed by atoms with Gasteiger partial charge in [-0.1, -0.05) is 165 Å². The molecule has 0 saturated heterocycles. The zero-order chi connectivity index (χ0) is 44.4. The Bertz CT molecular complexity index is 3520. The van der Waals surface area contributed by atoms with Crippen LogP contribution in [-0.4, -0.2) is 4.57 Å². The number of hydrogen-bond donors (Lipinski definition) is 0. The average molecular weight is 772 g/mol. The largest absolute Gasteiger partial charge is 0.310 e. The molecule has 10 aromatic rings.